The lowest BCUT2D eigenvalue weighted by atomic mass is 10.6. The van der Waals surface area contributed by atoms with Gasteiger partial charge in [0.2, 0.25) is 0 Å². The van der Waals surface area contributed by atoms with E-state index < -0.39 is 5.08 Å². The molecule has 0 aromatic carbocycles. The molecule has 0 radical (unpaired) electrons. The quantitative estimate of drug-likeness (QED) is 0.487. The first-order valence-corrected chi connectivity index (χ1v) is 3.51. The maximum atomic E-state index is 8.86. The van der Waals surface area contributed by atoms with Gasteiger partial charge in [-0.2, -0.15) is 0 Å². The summed E-state index contributed by atoms with van der Waals surface area (Å²) in [6.45, 7) is 0. The molecule has 3 nitrogen and oxygen atoms in total. The van der Waals surface area contributed by atoms with Crippen molar-refractivity contribution in [2.24, 2.45) is 4.99 Å². The zero-order valence-corrected chi connectivity index (χ0v) is 6.67. The number of allylic oxidation sites excluding steroid dienone is 1. The van der Waals surface area contributed by atoms with Gasteiger partial charge in [-0.15, -0.1) is 0 Å². The van der Waals surface area contributed by atoms with Gasteiger partial charge in [-0.1, -0.05) is 11.6 Å². The predicted molar refractivity (Wildman–Crippen MR) is 38.8 cm³/mol. The number of halogens is 2. The lowest BCUT2D eigenvalue weighted by molar-refractivity contribution is -0.0483. The van der Waals surface area contributed by atoms with Crippen molar-refractivity contribution in [2.75, 3.05) is 0 Å². The van der Waals surface area contributed by atoms with Crippen LogP contribution in [0, 0.1) is 0 Å². The van der Waals surface area contributed by atoms with Crippen molar-refractivity contribution in [3.63, 3.8) is 0 Å². The molecule has 1 aliphatic heterocycles. The summed E-state index contributed by atoms with van der Waals surface area (Å²) in [7, 11) is 0. The van der Waals surface area contributed by atoms with Crippen LogP contribution in [-0.4, -0.2) is 21.6 Å². The Morgan fingerprint density at radius 3 is 3.00 bits per heavy atom. The molecule has 0 aromatic rings. The Labute approximate surface area is 65.7 Å². The third-order valence-corrected chi connectivity index (χ3v) is 1.65. The molecule has 5 heteroatoms. The second-order valence-electron chi connectivity index (χ2n) is 1.48. The van der Waals surface area contributed by atoms with Crippen LogP contribution >= 0.6 is 27.5 Å². The molecular weight excluding hydrogens is 207 g/mol. The van der Waals surface area contributed by atoms with Gasteiger partial charge in [0, 0.05) is 6.21 Å². The van der Waals surface area contributed by atoms with Gasteiger partial charge in [0.15, 0.2) is 5.08 Å². The van der Waals surface area contributed by atoms with Crippen LogP contribution in [0.15, 0.2) is 16.2 Å². The van der Waals surface area contributed by atoms with E-state index in [2.05, 4.69) is 20.9 Å². The molecule has 1 rings (SSSR count). The monoisotopic (exact) mass is 210 g/mol. The van der Waals surface area contributed by atoms with E-state index in [-0.39, 0.29) is 0 Å². The van der Waals surface area contributed by atoms with Crippen LogP contribution in [0.3, 0.4) is 0 Å². The van der Waals surface area contributed by atoms with E-state index in [1.807, 2.05) is 0 Å². The molecule has 0 bridgehead atoms. The van der Waals surface area contributed by atoms with E-state index in [1.165, 1.54) is 12.4 Å². The van der Waals surface area contributed by atoms with Crippen LogP contribution < -0.4 is 0 Å². The van der Waals surface area contributed by atoms with Crippen LogP contribution in [-0.2, 0) is 0 Å². The summed E-state index contributed by atoms with van der Waals surface area (Å²) in [4.78, 5) is 3.76. The van der Waals surface area contributed by atoms with E-state index in [1.54, 1.807) is 0 Å². The van der Waals surface area contributed by atoms with E-state index in [0.717, 1.165) is 5.06 Å². The predicted octanol–water partition coefficient (Wildman–Crippen LogP) is 1.52. The minimum absolute atomic E-state index is 0.403. The van der Waals surface area contributed by atoms with E-state index in [9.17, 15) is 0 Å². The molecule has 1 unspecified atom stereocenters. The summed E-state index contributed by atoms with van der Waals surface area (Å²) in [6, 6.07) is 0. The normalized spacial score (nSPS) is 26.3. The summed E-state index contributed by atoms with van der Waals surface area (Å²) in [5.41, 5.74) is 0. The molecule has 0 amide bonds. The van der Waals surface area contributed by atoms with E-state index in [4.69, 9.17) is 16.8 Å². The smallest absolute Gasteiger partial charge is 0.200 e. The Bertz CT molecular complexity index is 170. The van der Waals surface area contributed by atoms with Gasteiger partial charge < -0.3 is 0 Å². The number of rotatable bonds is 0. The van der Waals surface area contributed by atoms with E-state index >= 15 is 0 Å². The van der Waals surface area contributed by atoms with Crippen molar-refractivity contribution in [3.8, 4) is 0 Å². The minimum atomic E-state index is -0.403. The molecule has 1 aliphatic rings. The maximum absolute atomic E-state index is 8.86. The molecule has 0 aromatic heterocycles. The van der Waals surface area contributed by atoms with Crippen molar-refractivity contribution in [1.29, 1.82) is 0 Å². The van der Waals surface area contributed by atoms with Crippen molar-refractivity contribution >= 4 is 33.7 Å². The summed E-state index contributed by atoms with van der Waals surface area (Å²) in [5, 5.41) is 9.74. The number of hydrogen-bond acceptors (Lipinski definition) is 3. The lowest BCUT2D eigenvalue weighted by Gasteiger charge is -2.17. The van der Waals surface area contributed by atoms with Crippen LogP contribution in [0.1, 0.15) is 0 Å². The van der Waals surface area contributed by atoms with Gasteiger partial charge in [-0.3, -0.25) is 10.2 Å². The SMILES string of the molecule is ON1C=C(Cl)C=NC1Br. The molecule has 0 saturated carbocycles. The Balaban J connectivity index is 2.70. The van der Waals surface area contributed by atoms with Gasteiger partial charge >= 0.3 is 0 Å². The second-order valence-corrected chi connectivity index (χ2v) is 2.74. The Morgan fingerprint density at radius 1 is 1.89 bits per heavy atom. The maximum Gasteiger partial charge on any atom is 0.200 e. The van der Waals surface area contributed by atoms with Crippen LogP contribution in [0.5, 0.6) is 0 Å². The number of alkyl halides is 1. The fourth-order valence-electron chi connectivity index (χ4n) is 0.422. The minimum Gasteiger partial charge on any atom is -0.286 e. The molecule has 0 saturated heterocycles. The molecule has 0 fully saturated rings. The van der Waals surface area contributed by atoms with Crippen LogP contribution in [0.25, 0.3) is 0 Å². The summed E-state index contributed by atoms with van der Waals surface area (Å²) in [6.07, 6.45) is 2.83. The molecule has 0 aliphatic carbocycles. The van der Waals surface area contributed by atoms with Gasteiger partial charge in [0.05, 0.1) is 11.2 Å². The Hall–Kier alpha value is -0.0600. The fourth-order valence-corrected chi connectivity index (χ4v) is 0.815. The molecule has 9 heavy (non-hydrogen) atoms. The molecule has 50 valence electrons. The zero-order chi connectivity index (χ0) is 6.85. The first-order valence-electron chi connectivity index (χ1n) is 2.22. The Kier molecular flexibility index (Phi) is 2.10. The zero-order valence-electron chi connectivity index (χ0n) is 4.33. The van der Waals surface area contributed by atoms with Crippen molar-refractivity contribution in [1.82, 2.24) is 5.06 Å². The van der Waals surface area contributed by atoms with Crippen molar-refractivity contribution in [2.45, 2.75) is 5.08 Å². The Morgan fingerprint density at radius 2 is 2.56 bits per heavy atom. The largest absolute Gasteiger partial charge is 0.286 e. The van der Waals surface area contributed by atoms with Crippen molar-refractivity contribution < 1.29 is 5.21 Å². The van der Waals surface area contributed by atoms with Crippen molar-refractivity contribution in [3.05, 3.63) is 11.2 Å². The van der Waals surface area contributed by atoms with Gasteiger partial charge in [0.25, 0.3) is 0 Å². The van der Waals surface area contributed by atoms with Gasteiger partial charge in [-0.05, 0) is 15.9 Å². The third kappa shape index (κ3) is 1.67. The highest BCUT2D eigenvalue weighted by atomic mass is 79.9. The first-order chi connectivity index (χ1) is 4.20. The van der Waals surface area contributed by atoms with Crippen LogP contribution in [0.2, 0.25) is 0 Å². The number of hydroxylamine groups is 2. The first kappa shape index (κ1) is 7.05. The molecule has 1 atom stereocenters. The van der Waals surface area contributed by atoms with Gasteiger partial charge in [0.1, 0.15) is 0 Å². The summed E-state index contributed by atoms with van der Waals surface area (Å²) >= 11 is 8.52. The molecular formula is C4H4BrClN2O. The highest BCUT2D eigenvalue weighted by molar-refractivity contribution is 9.09. The van der Waals surface area contributed by atoms with Gasteiger partial charge in [-0.25, -0.2) is 5.06 Å². The molecule has 1 N–H and O–H groups in total. The molecule has 1 heterocycles. The fraction of sp³-hybridized carbons (Fsp3) is 0.250. The summed E-state index contributed by atoms with van der Waals surface area (Å²) < 4.78 is 0. The lowest BCUT2D eigenvalue weighted by Crippen LogP contribution is -2.22. The molecule has 0 spiro atoms. The second kappa shape index (κ2) is 2.68. The number of aliphatic imine (C=N–C) groups is 1. The highest BCUT2D eigenvalue weighted by Gasteiger charge is 2.10. The standard InChI is InChI=1S/C4H4BrClN2O/c5-4-7-1-3(6)2-8(4)9/h1-2,4,9H. The third-order valence-electron chi connectivity index (χ3n) is 0.795. The van der Waals surface area contributed by atoms with Crippen LogP contribution in [0.4, 0.5) is 0 Å². The topological polar surface area (TPSA) is 35.8 Å². The number of hydrogen-bond donors (Lipinski definition) is 1. The van der Waals surface area contributed by atoms with E-state index in [0.29, 0.717) is 5.03 Å². The summed E-state index contributed by atoms with van der Waals surface area (Å²) in [5.74, 6) is 0. The highest BCUT2D eigenvalue weighted by Crippen LogP contribution is 2.14. The average Bonchev–Trinajstić information content (AvgIpc) is 1.80. The average molecular weight is 211 g/mol. The number of nitrogens with zero attached hydrogens (tertiary/aromatic N) is 2.